The molecule has 1 aliphatic heterocycles. The van der Waals surface area contributed by atoms with Gasteiger partial charge < -0.3 is 5.32 Å². The Morgan fingerprint density at radius 3 is 2.45 bits per heavy atom. The zero-order chi connectivity index (χ0) is 14.8. The third-order valence-corrected chi connectivity index (χ3v) is 5.36. The summed E-state index contributed by atoms with van der Waals surface area (Å²) >= 11 is 17.7. The standard InChI is InChI=1S/C12H15Cl3N2O2S/c13-9-4-10(14)12(11(15)5-9)17-20(18,19)7-8-2-1-3-16-6-8/h4-5,8,16-17H,1-3,6-7H2. The van der Waals surface area contributed by atoms with Crippen molar-refractivity contribution in [3.05, 3.63) is 27.2 Å². The van der Waals surface area contributed by atoms with Crippen LogP contribution in [0.4, 0.5) is 5.69 Å². The highest BCUT2D eigenvalue weighted by Crippen LogP contribution is 2.34. The second-order valence-electron chi connectivity index (χ2n) is 4.84. The van der Waals surface area contributed by atoms with Crippen molar-refractivity contribution >= 4 is 50.5 Å². The highest BCUT2D eigenvalue weighted by Gasteiger charge is 2.22. The molecule has 1 atom stereocenters. The van der Waals surface area contributed by atoms with Gasteiger partial charge >= 0.3 is 0 Å². The van der Waals surface area contributed by atoms with Crippen molar-refractivity contribution in [1.82, 2.24) is 5.32 Å². The Hall–Kier alpha value is -0.200. The summed E-state index contributed by atoms with van der Waals surface area (Å²) < 4.78 is 26.8. The van der Waals surface area contributed by atoms with Crippen LogP contribution in [-0.2, 0) is 10.0 Å². The highest BCUT2D eigenvalue weighted by molar-refractivity contribution is 7.92. The van der Waals surface area contributed by atoms with Crippen LogP contribution >= 0.6 is 34.8 Å². The molecule has 0 bridgehead atoms. The van der Waals surface area contributed by atoms with Gasteiger partial charge in [0.2, 0.25) is 10.0 Å². The van der Waals surface area contributed by atoms with E-state index >= 15 is 0 Å². The van der Waals surface area contributed by atoms with Crippen LogP contribution in [0.2, 0.25) is 15.1 Å². The second-order valence-corrected chi connectivity index (χ2v) is 7.86. The van der Waals surface area contributed by atoms with Crippen molar-refractivity contribution in [3.63, 3.8) is 0 Å². The van der Waals surface area contributed by atoms with E-state index in [4.69, 9.17) is 34.8 Å². The molecule has 0 radical (unpaired) electrons. The summed E-state index contributed by atoms with van der Waals surface area (Å²) in [5, 5.41) is 3.93. The molecule has 2 N–H and O–H groups in total. The molecule has 1 aromatic rings. The smallest absolute Gasteiger partial charge is 0.233 e. The fourth-order valence-corrected chi connectivity index (χ4v) is 4.76. The van der Waals surface area contributed by atoms with E-state index in [1.807, 2.05) is 0 Å². The van der Waals surface area contributed by atoms with Gasteiger partial charge in [0.05, 0.1) is 21.5 Å². The Bertz CT molecular complexity index is 563. The molecule has 1 fully saturated rings. The summed E-state index contributed by atoms with van der Waals surface area (Å²) in [7, 11) is -3.49. The van der Waals surface area contributed by atoms with Crippen molar-refractivity contribution in [3.8, 4) is 0 Å². The van der Waals surface area contributed by atoms with Gasteiger partial charge in [-0.2, -0.15) is 0 Å². The van der Waals surface area contributed by atoms with E-state index in [1.54, 1.807) is 0 Å². The maximum atomic E-state index is 12.2. The SMILES string of the molecule is O=S(=O)(CC1CCCNC1)Nc1c(Cl)cc(Cl)cc1Cl. The van der Waals surface area contributed by atoms with Gasteiger partial charge in [0.1, 0.15) is 0 Å². The van der Waals surface area contributed by atoms with Crippen LogP contribution < -0.4 is 10.0 Å². The van der Waals surface area contributed by atoms with Gasteiger partial charge in [0.15, 0.2) is 0 Å². The van der Waals surface area contributed by atoms with E-state index < -0.39 is 10.0 Å². The Morgan fingerprint density at radius 1 is 1.25 bits per heavy atom. The normalized spacial score (nSPS) is 19.9. The molecule has 112 valence electrons. The van der Waals surface area contributed by atoms with Gasteiger partial charge in [-0.15, -0.1) is 0 Å². The van der Waals surface area contributed by atoms with Crippen LogP contribution in [0.25, 0.3) is 0 Å². The topological polar surface area (TPSA) is 58.2 Å². The summed E-state index contributed by atoms with van der Waals surface area (Å²) in [4.78, 5) is 0. The van der Waals surface area contributed by atoms with Crippen molar-refractivity contribution < 1.29 is 8.42 Å². The predicted molar refractivity (Wildman–Crippen MR) is 84.5 cm³/mol. The molecule has 8 heteroatoms. The van der Waals surface area contributed by atoms with E-state index in [9.17, 15) is 8.42 Å². The molecule has 2 rings (SSSR count). The first kappa shape index (κ1) is 16.2. The third-order valence-electron chi connectivity index (χ3n) is 3.12. The van der Waals surface area contributed by atoms with Crippen LogP contribution in [0.15, 0.2) is 12.1 Å². The second kappa shape index (κ2) is 6.71. The van der Waals surface area contributed by atoms with Gasteiger partial charge in [-0.1, -0.05) is 34.8 Å². The Labute approximate surface area is 133 Å². The van der Waals surface area contributed by atoms with Gasteiger partial charge in [-0.3, -0.25) is 4.72 Å². The molecule has 20 heavy (non-hydrogen) atoms. The monoisotopic (exact) mass is 356 g/mol. The Balaban J connectivity index is 2.11. The van der Waals surface area contributed by atoms with Crippen LogP contribution in [0.5, 0.6) is 0 Å². The number of sulfonamides is 1. The zero-order valence-electron chi connectivity index (χ0n) is 10.6. The molecule has 4 nitrogen and oxygen atoms in total. The maximum Gasteiger partial charge on any atom is 0.233 e. The Morgan fingerprint density at radius 2 is 1.90 bits per heavy atom. The van der Waals surface area contributed by atoms with E-state index in [1.165, 1.54) is 12.1 Å². The molecule has 0 amide bonds. The van der Waals surface area contributed by atoms with Crippen molar-refractivity contribution in [2.24, 2.45) is 5.92 Å². The first-order chi connectivity index (χ1) is 9.37. The summed E-state index contributed by atoms with van der Waals surface area (Å²) in [6.07, 6.45) is 1.89. The molecule has 0 saturated carbocycles. The van der Waals surface area contributed by atoms with Gasteiger partial charge in [-0.05, 0) is 44.0 Å². The lowest BCUT2D eigenvalue weighted by Gasteiger charge is -2.23. The molecule has 1 unspecified atom stereocenters. The van der Waals surface area contributed by atoms with Gasteiger partial charge in [0.25, 0.3) is 0 Å². The largest absolute Gasteiger partial charge is 0.316 e. The van der Waals surface area contributed by atoms with E-state index in [2.05, 4.69) is 10.0 Å². The highest BCUT2D eigenvalue weighted by atomic mass is 35.5. The molecule has 0 aliphatic carbocycles. The summed E-state index contributed by atoms with van der Waals surface area (Å²) in [5.41, 5.74) is 0.182. The van der Waals surface area contributed by atoms with Crippen LogP contribution in [0.3, 0.4) is 0 Å². The van der Waals surface area contributed by atoms with Crippen LogP contribution in [-0.4, -0.2) is 27.3 Å². The lowest BCUT2D eigenvalue weighted by Crippen LogP contribution is -2.35. The first-order valence-electron chi connectivity index (χ1n) is 6.23. The zero-order valence-corrected chi connectivity index (χ0v) is 13.7. The minimum absolute atomic E-state index is 0.0509. The fraction of sp³-hybridized carbons (Fsp3) is 0.500. The molecule has 1 aromatic carbocycles. The molecule has 1 heterocycles. The molecular weight excluding hydrogens is 343 g/mol. The quantitative estimate of drug-likeness (QED) is 0.868. The minimum atomic E-state index is -3.49. The van der Waals surface area contributed by atoms with Crippen LogP contribution in [0, 0.1) is 5.92 Å². The molecule has 1 saturated heterocycles. The van der Waals surface area contributed by atoms with Crippen molar-refractivity contribution in [1.29, 1.82) is 0 Å². The predicted octanol–water partition coefficient (Wildman–Crippen LogP) is 3.39. The van der Waals surface area contributed by atoms with E-state index in [0.29, 0.717) is 11.6 Å². The fourth-order valence-electron chi connectivity index (χ4n) is 2.21. The lowest BCUT2D eigenvalue weighted by molar-refractivity contribution is 0.404. The minimum Gasteiger partial charge on any atom is -0.316 e. The number of rotatable bonds is 4. The maximum absolute atomic E-state index is 12.2. The van der Waals surface area contributed by atoms with Crippen LogP contribution in [0.1, 0.15) is 12.8 Å². The van der Waals surface area contributed by atoms with E-state index in [0.717, 1.165) is 19.4 Å². The molecule has 0 aromatic heterocycles. The number of nitrogens with one attached hydrogen (secondary N) is 2. The lowest BCUT2D eigenvalue weighted by atomic mass is 10.0. The summed E-state index contributed by atoms with van der Waals surface area (Å²) in [6, 6.07) is 2.91. The Kier molecular flexibility index (Phi) is 5.42. The summed E-state index contributed by atoms with van der Waals surface area (Å²) in [6.45, 7) is 1.65. The molecule has 0 spiro atoms. The number of halogens is 3. The van der Waals surface area contributed by atoms with Gasteiger partial charge in [-0.25, -0.2) is 8.42 Å². The number of piperidine rings is 1. The van der Waals surface area contributed by atoms with Gasteiger partial charge in [0, 0.05) is 5.02 Å². The summed E-state index contributed by atoms with van der Waals surface area (Å²) in [5.74, 6) is 0.154. The number of benzene rings is 1. The first-order valence-corrected chi connectivity index (χ1v) is 9.02. The van der Waals surface area contributed by atoms with Crippen molar-refractivity contribution in [2.75, 3.05) is 23.6 Å². The average molecular weight is 358 g/mol. The molecule has 1 aliphatic rings. The number of hydrogen-bond acceptors (Lipinski definition) is 3. The van der Waals surface area contributed by atoms with E-state index in [-0.39, 0.29) is 27.4 Å². The number of hydrogen-bond donors (Lipinski definition) is 2. The third kappa shape index (κ3) is 4.40. The average Bonchev–Trinajstić information content (AvgIpc) is 2.34. The molecular formula is C12H15Cl3N2O2S. The van der Waals surface area contributed by atoms with Crippen molar-refractivity contribution in [2.45, 2.75) is 12.8 Å². The number of anilines is 1.